The topological polar surface area (TPSA) is 60.9 Å². The molecule has 17 heavy (non-hydrogen) atoms. The molecule has 0 atom stereocenters. The summed E-state index contributed by atoms with van der Waals surface area (Å²) in [5.41, 5.74) is -0.351. The first-order chi connectivity index (χ1) is 8.03. The minimum atomic E-state index is -0.874. The van der Waals surface area contributed by atoms with E-state index < -0.39 is 6.09 Å². The molecule has 5 nitrogen and oxygen atoms in total. The second-order valence-corrected chi connectivity index (χ2v) is 5.33. The van der Waals surface area contributed by atoms with Gasteiger partial charge in [0.1, 0.15) is 0 Å². The van der Waals surface area contributed by atoms with Gasteiger partial charge >= 0.3 is 6.09 Å². The summed E-state index contributed by atoms with van der Waals surface area (Å²) in [5.74, 6) is 0.222. The lowest BCUT2D eigenvalue weighted by Crippen LogP contribution is -2.49. The average molecular weight is 240 g/mol. The molecular weight excluding hydrogens is 220 g/mol. The van der Waals surface area contributed by atoms with E-state index in [4.69, 9.17) is 5.11 Å². The number of carbonyl (C=O) groups is 2. The Hall–Kier alpha value is -1.26. The largest absolute Gasteiger partial charge is 0.465 e. The molecule has 0 aliphatic carbocycles. The van der Waals surface area contributed by atoms with Gasteiger partial charge in [0.15, 0.2) is 0 Å². The number of nitrogens with zero attached hydrogens (tertiary/aromatic N) is 2. The lowest BCUT2D eigenvalue weighted by molar-refractivity contribution is -0.142. The van der Waals surface area contributed by atoms with Crippen LogP contribution in [0.4, 0.5) is 4.79 Å². The fraction of sp³-hybridized carbons (Fsp3) is 0.833. The van der Waals surface area contributed by atoms with E-state index in [0.717, 1.165) is 25.9 Å². The second-order valence-electron chi connectivity index (χ2n) is 5.33. The standard InChI is InChI=1S/C12H20N2O3/c1-12(10(15)13-6-2-3-7-13)4-8-14(9-5-12)11(16)17/h2-9H2,1H3,(H,16,17). The Labute approximate surface area is 101 Å². The number of amides is 2. The first kappa shape index (κ1) is 12.2. The molecule has 5 heteroatoms. The molecule has 1 N–H and O–H groups in total. The van der Waals surface area contributed by atoms with Gasteiger partial charge in [-0.15, -0.1) is 0 Å². The molecule has 2 saturated heterocycles. The number of carbonyl (C=O) groups excluding carboxylic acids is 1. The summed E-state index contributed by atoms with van der Waals surface area (Å²) in [5, 5.41) is 8.89. The van der Waals surface area contributed by atoms with Crippen molar-refractivity contribution in [3.05, 3.63) is 0 Å². The van der Waals surface area contributed by atoms with E-state index in [1.54, 1.807) is 0 Å². The minimum Gasteiger partial charge on any atom is -0.465 e. The van der Waals surface area contributed by atoms with Crippen molar-refractivity contribution in [3.8, 4) is 0 Å². The van der Waals surface area contributed by atoms with Crippen LogP contribution in [0.15, 0.2) is 0 Å². The predicted molar refractivity (Wildman–Crippen MR) is 62.8 cm³/mol. The van der Waals surface area contributed by atoms with E-state index in [9.17, 15) is 9.59 Å². The Kier molecular flexibility index (Phi) is 3.26. The van der Waals surface area contributed by atoms with Gasteiger partial charge < -0.3 is 14.9 Å². The quantitative estimate of drug-likeness (QED) is 0.753. The fourth-order valence-electron chi connectivity index (χ4n) is 2.71. The molecule has 0 radical (unpaired) electrons. The first-order valence-corrected chi connectivity index (χ1v) is 6.30. The lowest BCUT2D eigenvalue weighted by Gasteiger charge is -2.39. The van der Waals surface area contributed by atoms with Crippen molar-refractivity contribution in [2.75, 3.05) is 26.2 Å². The highest BCUT2D eigenvalue weighted by atomic mass is 16.4. The van der Waals surface area contributed by atoms with Gasteiger partial charge in [-0.05, 0) is 25.7 Å². The van der Waals surface area contributed by atoms with Crippen LogP contribution in [0.25, 0.3) is 0 Å². The SMILES string of the molecule is CC1(C(=O)N2CCCC2)CCN(C(=O)O)CC1. The van der Waals surface area contributed by atoms with Gasteiger partial charge in [-0.1, -0.05) is 6.92 Å². The monoisotopic (exact) mass is 240 g/mol. The summed E-state index contributed by atoms with van der Waals surface area (Å²) in [6, 6.07) is 0. The summed E-state index contributed by atoms with van der Waals surface area (Å²) >= 11 is 0. The van der Waals surface area contributed by atoms with Crippen LogP contribution in [-0.2, 0) is 4.79 Å². The summed E-state index contributed by atoms with van der Waals surface area (Å²) in [7, 11) is 0. The van der Waals surface area contributed by atoms with Crippen molar-refractivity contribution in [2.24, 2.45) is 5.41 Å². The molecule has 2 aliphatic rings. The molecule has 2 fully saturated rings. The maximum absolute atomic E-state index is 12.4. The highest BCUT2D eigenvalue weighted by Gasteiger charge is 2.40. The average Bonchev–Trinajstić information content (AvgIpc) is 2.82. The van der Waals surface area contributed by atoms with Crippen molar-refractivity contribution in [2.45, 2.75) is 32.6 Å². The van der Waals surface area contributed by atoms with E-state index in [0.29, 0.717) is 25.9 Å². The normalized spacial score (nSPS) is 23.8. The number of piperidine rings is 1. The Morgan fingerprint density at radius 1 is 1.00 bits per heavy atom. The van der Waals surface area contributed by atoms with Gasteiger partial charge in [-0.3, -0.25) is 4.79 Å². The Morgan fingerprint density at radius 2 is 1.53 bits per heavy atom. The van der Waals surface area contributed by atoms with Crippen LogP contribution in [0.1, 0.15) is 32.6 Å². The molecule has 2 aliphatic heterocycles. The molecule has 2 heterocycles. The number of hydrogen-bond acceptors (Lipinski definition) is 2. The number of rotatable bonds is 1. The van der Waals surface area contributed by atoms with Crippen molar-refractivity contribution in [3.63, 3.8) is 0 Å². The Morgan fingerprint density at radius 3 is 2.00 bits per heavy atom. The minimum absolute atomic E-state index is 0.222. The highest BCUT2D eigenvalue weighted by Crippen LogP contribution is 2.34. The summed E-state index contributed by atoms with van der Waals surface area (Å²) in [6.45, 7) is 4.68. The molecule has 0 aromatic heterocycles. The van der Waals surface area contributed by atoms with Gasteiger partial charge in [0, 0.05) is 31.6 Å². The van der Waals surface area contributed by atoms with Gasteiger partial charge in [0.2, 0.25) is 5.91 Å². The molecule has 0 saturated carbocycles. The second kappa shape index (κ2) is 4.55. The van der Waals surface area contributed by atoms with Crippen LogP contribution in [0.2, 0.25) is 0 Å². The van der Waals surface area contributed by atoms with E-state index in [1.807, 2.05) is 11.8 Å². The summed E-state index contributed by atoms with van der Waals surface area (Å²) in [4.78, 5) is 26.5. The van der Waals surface area contributed by atoms with Gasteiger partial charge in [0.25, 0.3) is 0 Å². The predicted octanol–water partition coefficient (Wildman–Crippen LogP) is 1.39. The van der Waals surface area contributed by atoms with Gasteiger partial charge in [-0.2, -0.15) is 0 Å². The zero-order valence-electron chi connectivity index (χ0n) is 10.3. The highest BCUT2D eigenvalue weighted by molar-refractivity contribution is 5.83. The van der Waals surface area contributed by atoms with Crippen LogP contribution < -0.4 is 0 Å². The molecule has 0 aromatic rings. The van der Waals surface area contributed by atoms with Crippen molar-refractivity contribution in [1.29, 1.82) is 0 Å². The molecule has 2 rings (SSSR count). The van der Waals surface area contributed by atoms with Crippen LogP contribution in [0.5, 0.6) is 0 Å². The zero-order chi connectivity index (χ0) is 12.5. The smallest absolute Gasteiger partial charge is 0.407 e. The van der Waals surface area contributed by atoms with E-state index in [-0.39, 0.29) is 11.3 Å². The molecular formula is C12H20N2O3. The maximum Gasteiger partial charge on any atom is 0.407 e. The zero-order valence-corrected chi connectivity index (χ0v) is 10.3. The third-order valence-electron chi connectivity index (χ3n) is 4.05. The third-order valence-corrected chi connectivity index (χ3v) is 4.05. The first-order valence-electron chi connectivity index (χ1n) is 6.30. The van der Waals surface area contributed by atoms with Crippen molar-refractivity contribution in [1.82, 2.24) is 9.80 Å². The number of likely N-dealkylation sites (tertiary alicyclic amines) is 2. The van der Waals surface area contributed by atoms with Crippen LogP contribution >= 0.6 is 0 Å². The molecule has 0 aromatic carbocycles. The summed E-state index contributed by atoms with van der Waals surface area (Å²) in [6.07, 6.45) is 2.62. The Bertz CT molecular complexity index is 316. The third kappa shape index (κ3) is 2.37. The molecule has 0 spiro atoms. The van der Waals surface area contributed by atoms with E-state index in [1.165, 1.54) is 4.90 Å². The van der Waals surface area contributed by atoms with Crippen molar-refractivity contribution >= 4 is 12.0 Å². The van der Waals surface area contributed by atoms with Crippen LogP contribution in [0, 0.1) is 5.41 Å². The number of hydrogen-bond donors (Lipinski definition) is 1. The Balaban J connectivity index is 1.96. The summed E-state index contributed by atoms with van der Waals surface area (Å²) < 4.78 is 0. The molecule has 96 valence electrons. The van der Waals surface area contributed by atoms with Crippen molar-refractivity contribution < 1.29 is 14.7 Å². The molecule has 2 amide bonds. The van der Waals surface area contributed by atoms with Gasteiger partial charge in [0.05, 0.1) is 0 Å². The maximum atomic E-state index is 12.4. The fourth-order valence-corrected chi connectivity index (χ4v) is 2.71. The van der Waals surface area contributed by atoms with Gasteiger partial charge in [-0.25, -0.2) is 4.79 Å². The van der Waals surface area contributed by atoms with E-state index >= 15 is 0 Å². The molecule has 0 bridgehead atoms. The van der Waals surface area contributed by atoms with E-state index in [2.05, 4.69) is 0 Å². The van der Waals surface area contributed by atoms with Crippen LogP contribution in [0.3, 0.4) is 0 Å². The molecule has 0 unspecified atom stereocenters. The number of carboxylic acid groups (broad SMARTS) is 1. The lowest BCUT2D eigenvalue weighted by atomic mass is 9.79. The van der Waals surface area contributed by atoms with Crippen LogP contribution in [-0.4, -0.2) is 53.1 Å².